The summed E-state index contributed by atoms with van der Waals surface area (Å²) in [5.41, 5.74) is 1.99. The van der Waals surface area contributed by atoms with Crippen LogP contribution in [0.4, 0.5) is 5.82 Å². The van der Waals surface area contributed by atoms with E-state index in [2.05, 4.69) is 14.7 Å². The minimum atomic E-state index is -4.09. The summed E-state index contributed by atoms with van der Waals surface area (Å²) >= 11 is 12.1. The second-order valence-corrected chi connectivity index (χ2v) is 8.73. The molecule has 0 unspecified atom stereocenters. The first kappa shape index (κ1) is 20.4. The maximum atomic E-state index is 13.0. The van der Waals surface area contributed by atoms with Crippen LogP contribution in [0.15, 0.2) is 77.7 Å². The molecule has 152 valence electrons. The van der Waals surface area contributed by atoms with E-state index in [9.17, 15) is 8.42 Å². The van der Waals surface area contributed by atoms with Gasteiger partial charge in [0, 0.05) is 0 Å². The highest BCUT2D eigenvalue weighted by molar-refractivity contribution is 7.92. The molecule has 9 heteroatoms. The van der Waals surface area contributed by atoms with Crippen LogP contribution in [0.1, 0.15) is 5.56 Å². The summed E-state index contributed by atoms with van der Waals surface area (Å²) in [5.74, 6) is 0.0138. The van der Waals surface area contributed by atoms with E-state index in [1.165, 1.54) is 18.2 Å². The van der Waals surface area contributed by atoms with Crippen molar-refractivity contribution in [2.45, 2.75) is 11.5 Å². The molecule has 6 nitrogen and oxygen atoms in total. The van der Waals surface area contributed by atoms with Crippen molar-refractivity contribution in [1.29, 1.82) is 0 Å². The van der Waals surface area contributed by atoms with Crippen LogP contribution in [0.5, 0.6) is 5.88 Å². The molecule has 3 aromatic carbocycles. The lowest BCUT2D eigenvalue weighted by Crippen LogP contribution is -2.16. The first-order valence-electron chi connectivity index (χ1n) is 8.84. The summed E-state index contributed by atoms with van der Waals surface area (Å²) in [4.78, 5) is 8.67. The molecule has 0 aliphatic carbocycles. The van der Waals surface area contributed by atoms with Crippen molar-refractivity contribution >= 4 is 50.1 Å². The summed E-state index contributed by atoms with van der Waals surface area (Å²) in [5, 5.41) is 0.0526. The zero-order valence-electron chi connectivity index (χ0n) is 15.4. The van der Waals surface area contributed by atoms with Gasteiger partial charge in [0.05, 0.1) is 21.1 Å². The first-order valence-corrected chi connectivity index (χ1v) is 11.1. The SMILES string of the molecule is O=S(=O)(Nc1nc2ccccc2nc1OCc1ccccc1)c1cccc(Cl)c1Cl. The highest BCUT2D eigenvalue weighted by Gasteiger charge is 2.23. The van der Waals surface area contributed by atoms with E-state index >= 15 is 0 Å². The second kappa shape index (κ2) is 8.47. The van der Waals surface area contributed by atoms with Crippen LogP contribution >= 0.6 is 23.2 Å². The molecule has 4 rings (SSSR count). The Bertz CT molecular complexity index is 1320. The predicted molar refractivity (Wildman–Crippen MR) is 118 cm³/mol. The molecule has 1 N–H and O–H groups in total. The van der Waals surface area contributed by atoms with Gasteiger partial charge in [0.25, 0.3) is 15.9 Å². The molecule has 0 saturated carbocycles. The van der Waals surface area contributed by atoms with E-state index < -0.39 is 10.0 Å². The molecular weight excluding hydrogens is 445 g/mol. The molecule has 0 amide bonds. The zero-order chi connectivity index (χ0) is 21.1. The van der Waals surface area contributed by atoms with Crippen molar-refractivity contribution in [2.24, 2.45) is 0 Å². The quantitative estimate of drug-likeness (QED) is 0.422. The van der Waals surface area contributed by atoms with Gasteiger partial charge in [0.1, 0.15) is 11.5 Å². The maximum Gasteiger partial charge on any atom is 0.264 e. The zero-order valence-corrected chi connectivity index (χ0v) is 17.7. The number of para-hydroxylation sites is 2. The van der Waals surface area contributed by atoms with Gasteiger partial charge in [-0.15, -0.1) is 0 Å². The number of ether oxygens (including phenoxy) is 1. The lowest BCUT2D eigenvalue weighted by molar-refractivity contribution is 0.296. The summed E-state index contributed by atoms with van der Waals surface area (Å²) in [6.07, 6.45) is 0. The van der Waals surface area contributed by atoms with Crippen LogP contribution in [-0.4, -0.2) is 18.4 Å². The second-order valence-electron chi connectivity index (χ2n) is 6.30. The summed E-state index contributed by atoms with van der Waals surface area (Å²) in [6.45, 7) is 0.195. The largest absolute Gasteiger partial charge is 0.470 e. The number of aromatic nitrogens is 2. The van der Waals surface area contributed by atoms with Gasteiger partial charge in [-0.2, -0.15) is 0 Å². The van der Waals surface area contributed by atoms with Crippen LogP contribution in [0, 0.1) is 0 Å². The Labute approximate surface area is 183 Å². The topological polar surface area (TPSA) is 81.2 Å². The molecule has 0 aliphatic heterocycles. The summed E-state index contributed by atoms with van der Waals surface area (Å²) in [7, 11) is -4.09. The molecular formula is C21H15Cl2N3O3S. The number of fused-ring (bicyclic) bond motifs is 1. The molecule has 0 atom stereocenters. The van der Waals surface area contributed by atoms with Gasteiger partial charge in [0.2, 0.25) is 5.82 Å². The van der Waals surface area contributed by atoms with E-state index in [1.807, 2.05) is 36.4 Å². The number of anilines is 1. The van der Waals surface area contributed by atoms with Crippen molar-refractivity contribution < 1.29 is 13.2 Å². The Hall–Kier alpha value is -2.87. The van der Waals surface area contributed by atoms with E-state index in [0.29, 0.717) is 11.0 Å². The predicted octanol–water partition coefficient (Wildman–Crippen LogP) is 5.32. The molecule has 0 bridgehead atoms. The highest BCUT2D eigenvalue weighted by Crippen LogP contribution is 2.32. The fourth-order valence-electron chi connectivity index (χ4n) is 2.75. The number of halogens is 2. The van der Waals surface area contributed by atoms with Crippen LogP contribution < -0.4 is 9.46 Å². The third-order valence-corrected chi connectivity index (χ3v) is 6.51. The van der Waals surface area contributed by atoms with E-state index in [1.54, 1.807) is 18.2 Å². The number of sulfonamides is 1. The lowest BCUT2D eigenvalue weighted by Gasteiger charge is -2.14. The number of hydrogen-bond donors (Lipinski definition) is 1. The fraction of sp³-hybridized carbons (Fsp3) is 0.0476. The van der Waals surface area contributed by atoms with Gasteiger partial charge in [0.15, 0.2) is 0 Å². The highest BCUT2D eigenvalue weighted by atomic mass is 35.5. The van der Waals surface area contributed by atoms with Gasteiger partial charge < -0.3 is 4.74 Å². The van der Waals surface area contributed by atoms with Crippen molar-refractivity contribution in [3.8, 4) is 5.88 Å². The number of hydrogen-bond acceptors (Lipinski definition) is 5. The van der Waals surface area contributed by atoms with Gasteiger partial charge >= 0.3 is 0 Å². The van der Waals surface area contributed by atoms with Gasteiger partial charge in [-0.3, -0.25) is 4.72 Å². The molecule has 0 aliphatic rings. The van der Waals surface area contributed by atoms with Gasteiger partial charge in [-0.1, -0.05) is 71.7 Å². The smallest absolute Gasteiger partial charge is 0.264 e. The Morgan fingerprint density at radius 3 is 2.23 bits per heavy atom. The molecule has 0 radical (unpaired) electrons. The molecule has 30 heavy (non-hydrogen) atoms. The fourth-order valence-corrected chi connectivity index (χ4v) is 4.51. The average Bonchev–Trinajstić information content (AvgIpc) is 2.74. The van der Waals surface area contributed by atoms with E-state index in [-0.39, 0.29) is 33.2 Å². The number of benzene rings is 3. The Kier molecular flexibility index (Phi) is 5.76. The lowest BCUT2D eigenvalue weighted by atomic mass is 10.2. The maximum absolute atomic E-state index is 13.0. The molecule has 1 aromatic heterocycles. The van der Waals surface area contributed by atoms with E-state index in [0.717, 1.165) is 5.56 Å². The van der Waals surface area contributed by atoms with Gasteiger partial charge in [-0.05, 0) is 29.8 Å². The van der Waals surface area contributed by atoms with Crippen LogP contribution in [0.2, 0.25) is 10.0 Å². The number of nitrogens with one attached hydrogen (secondary N) is 1. The number of rotatable bonds is 6. The summed E-state index contributed by atoms with van der Waals surface area (Å²) in [6, 6.07) is 20.9. The normalized spacial score (nSPS) is 11.4. The van der Waals surface area contributed by atoms with Crippen molar-refractivity contribution in [1.82, 2.24) is 9.97 Å². The molecule has 0 saturated heterocycles. The summed E-state index contributed by atoms with van der Waals surface area (Å²) < 4.78 is 34.2. The van der Waals surface area contributed by atoms with Crippen molar-refractivity contribution in [3.63, 3.8) is 0 Å². The molecule has 0 spiro atoms. The molecule has 1 heterocycles. The minimum Gasteiger partial charge on any atom is -0.470 e. The van der Waals surface area contributed by atoms with Crippen LogP contribution in [0.25, 0.3) is 11.0 Å². The molecule has 0 fully saturated rings. The van der Waals surface area contributed by atoms with E-state index in [4.69, 9.17) is 27.9 Å². The van der Waals surface area contributed by atoms with Crippen LogP contribution in [-0.2, 0) is 16.6 Å². The third-order valence-electron chi connectivity index (χ3n) is 4.19. The Morgan fingerprint density at radius 1 is 0.833 bits per heavy atom. The average molecular weight is 460 g/mol. The molecule has 4 aromatic rings. The van der Waals surface area contributed by atoms with Crippen molar-refractivity contribution in [2.75, 3.05) is 4.72 Å². The Morgan fingerprint density at radius 2 is 1.50 bits per heavy atom. The van der Waals surface area contributed by atoms with Crippen molar-refractivity contribution in [3.05, 3.63) is 88.4 Å². The standard InChI is InChI=1S/C21H15Cl2N3O3S/c22-15-9-6-12-18(19(15)23)30(27,28)26-20-21(29-13-14-7-2-1-3-8-14)25-17-11-5-4-10-16(17)24-20/h1-12H,13H2,(H,24,26). The number of nitrogens with zero attached hydrogens (tertiary/aromatic N) is 2. The van der Waals surface area contributed by atoms with Gasteiger partial charge in [-0.25, -0.2) is 18.4 Å². The first-order chi connectivity index (χ1) is 14.4. The monoisotopic (exact) mass is 459 g/mol. The minimum absolute atomic E-state index is 0.0410. The van der Waals surface area contributed by atoms with Crippen LogP contribution in [0.3, 0.4) is 0 Å². The third kappa shape index (κ3) is 4.33. The Balaban J connectivity index is 1.73.